The fourth-order valence-corrected chi connectivity index (χ4v) is 3.31. The fraction of sp³-hybridized carbons (Fsp3) is 0.533. The Kier molecular flexibility index (Phi) is 3.85. The van der Waals surface area contributed by atoms with Crippen LogP contribution >= 0.6 is 11.6 Å². The van der Waals surface area contributed by atoms with Gasteiger partial charge < -0.3 is 15.0 Å². The van der Waals surface area contributed by atoms with Crippen LogP contribution in [0.25, 0.3) is 0 Å². The molecule has 0 aromatic heterocycles. The maximum Gasteiger partial charge on any atom is 0.264 e. The largest absolute Gasteiger partial charge is 0.480 e. The number of amides is 1. The summed E-state index contributed by atoms with van der Waals surface area (Å²) < 4.78 is 5.79. The number of hydrogen-bond donors (Lipinski definition) is 1. The van der Waals surface area contributed by atoms with Gasteiger partial charge in [0, 0.05) is 30.6 Å². The smallest absolute Gasteiger partial charge is 0.264 e. The van der Waals surface area contributed by atoms with E-state index in [1.807, 2.05) is 24.1 Å². The molecule has 3 rings (SSSR count). The first-order valence-corrected chi connectivity index (χ1v) is 7.47. The number of benzene rings is 1. The molecule has 0 spiro atoms. The van der Waals surface area contributed by atoms with E-state index in [0.29, 0.717) is 17.5 Å². The second kappa shape index (κ2) is 5.62. The summed E-state index contributed by atoms with van der Waals surface area (Å²) in [6, 6.07) is 5.83. The van der Waals surface area contributed by atoms with E-state index in [1.54, 1.807) is 6.07 Å². The summed E-state index contributed by atoms with van der Waals surface area (Å²) >= 11 is 5.98. The lowest BCUT2D eigenvalue weighted by molar-refractivity contribution is -0.138. The number of nitrogens with zero attached hydrogens (tertiary/aromatic N) is 1. The Hall–Kier alpha value is -1.26. The number of nitrogens with one attached hydrogen (secondary N) is 1. The van der Waals surface area contributed by atoms with Crippen molar-refractivity contribution in [2.24, 2.45) is 0 Å². The highest BCUT2D eigenvalue weighted by Gasteiger charge is 2.37. The summed E-state index contributed by atoms with van der Waals surface area (Å²) in [7, 11) is 1.92. The zero-order valence-electron chi connectivity index (χ0n) is 11.6. The van der Waals surface area contributed by atoms with E-state index in [9.17, 15) is 4.79 Å². The molecule has 0 saturated carbocycles. The van der Waals surface area contributed by atoms with Gasteiger partial charge in [0.2, 0.25) is 0 Å². The lowest BCUT2D eigenvalue weighted by Gasteiger charge is -2.26. The molecule has 2 unspecified atom stereocenters. The summed E-state index contributed by atoms with van der Waals surface area (Å²) in [4.78, 5) is 14.6. The number of hydrogen-bond acceptors (Lipinski definition) is 3. The average Bonchev–Trinajstić information content (AvgIpc) is 3.04. The Bertz CT molecular complexity index is 521. The number of likely N-dealkylation sites (tertiary alicyclic amines) is 1. The normalized spacial score (nSPS) is 24.6. The molecule has 2 aliphatic heterocycles. The van der Waals surface area contributed by atoms with Crippen molar-refractivity contribution in [3.8, 4) is 5.75 Å². The van der Waals surface area contributed by atoms with Gasteiger partial charge in [-0.25, -0.2) is 0 Å². The molecule has 1 amide bonds. The van der Waals surface area contributed by atoms with Crippen LogP contribution < -0.4 is 10.1 Å². The van der Waals surface area contributed by atoms with Gasteiger partial charge in [0.15, 0.2) is 6.10 Å². The standard InChI is InChI=1S/C15H19ClN2O2/c1-17-9-12-3-2-6-18(12)15(19)14-8-10-7-11(16)4-5-13(10)20-14/h4-5,7,12,14,17H,2-3,6,8-9H2,1H3. The molecule has 2 heterocycles. The molecule has 1 fully saturated rings. The molecule has 1 saturated heterocycles. The number of halogens is 1. The van der Waals surface area contributed by atoms with Crippen molar-refractivity contribution < 1.29 is 9.53 Å². The molecule has 0 radical (unpaired) electrons. The third-order valence-electron chi connectivity index (χ3n) is 4.07. The molecule has 0 aliphatic carbocycles. The van der Waals surface area contributed by atoms with E-state index in [1.165, 1.54) is 0 Å². The van der Waals surface area contributed by atoms with Gasteiger partial charge in [-0.2, -0.15) is 0 Å². The molecule has 2 aliphatic rings. The van der Waals surface area contributed by atoms with Gasteiger partial charge in [-0.3, -0.25) is 4.79 Å². The SMILES string of the molecule is CNCC1CCCN1C(=O)C1Cc2cc(Cl)ccc2O1. The first-order chi connectivity index (χ1) is 9.69. The molecule has 1 aromatic rings. The van der Waals surface area contributed by atoms with Crippen molar-refractivity contribution in [2.75, 3.05) is 20.1 Å². The molecule has 2 atom stereocenters. The van der Waals surface area contributed by atoms with Crippen molar-refractivity contribution in [1.29, 1.82) is 0 Å². The van der Waals surface area contributed by atoms with E-state index in [-0.39, 0.29) is 12.0 Å². The number of carbonyl (C=O) groups is 1. The van der Waals surface area contributed by atoms with E-state index < -0.39 is 0 Å². The molecule has 20 heavy (non-hydrogen) atoms. The van der Waals surface area contributed by atoms with Gasteiger partial charge in [-0.15, -0.1) is 0 Å². The molecule has 1 N–H and O–H groups in total. The highest BCUT2D eigenvalue weighted by atomic mass is 35.5. The van der Waals surface area contributed by atoms with E-state index in [0.717, 1.165) is 37.2 Å². The first kappa shape index (κ1) is 13.7. The minimum absolute atomic E-state index is 0.107. The Morgan fingerprint density at radius 2 is 2.40 bits per heavy atom. The topological polar surface area (TPSA) is 41.6 Å². The average molecular weight is 295 g/mol. The summed E-state index contributed by atoms with van der Waals surface area (Å²) in [5.41, 5.74) is 1.03. The Labute approximate surface area is 124 Å². The quantitative estimate of drug-likeness (QED) is 0.925. The van der Waals surface area contributed by atoms with Crippen LogP contribution in [0.15, 0.2) is 18.2 Å². The number of carbonyl (C=O) groups excluding carboxylic acids is 1. The van der Waals surface area contributed by atoms with Gasteiger partial charge >= 0.3 is 0 Å². The summed E-state index contributed by atoms with van der Waals surface area (Å²) in [5.74, 6) is 0.896. The lowest BCUT2D eigenvalue weighted by Crippen LogP contribution is -2.46. The van der Waals surface area contributed by atoms with Crippen molar-refractivity contribution in [1.82, 2.24) is 10.2 Å². The van der Waals surface area contributed by atoms with Crippen LogP contribution in [0.4, 0.5) is 0 Å². The molecule has 5 heteroatoms. The molecule has 1 aromatic carbocycles. The Balaban J connectivity index is 1.70. The maximum atomic E-state index is 12.6. The molecular weight excluding hydrogens is 276 g/mol. The van der Waals surface area contributed by atoms with Crippen molar-refractivity contribution in [3.63, 3.8) is 0 Å². The van der Waals surface area contributed by atoms with Gasteiger partial charge in [-0.05, 0) is 43.7 Å². The van der Waals surface area contributed by atoms with Gasteiger partial charge in [-0.1, -0.05) is 11.6 Å². The van der Waals surface area contributed by atoms with Crippen LogP contribution in [0, 0.1) is 0 Å². The summed E-state index contributed by atoms with van der Waals surface area (Å²) in [6.45, 7) is 1.68. The van der Waals surface area contributed by atoms with Crippen LogP contribution in [-0.4, -0.2) is 43.1 Å². The minimum Gasteiger partial charge on any atom is -0.480 e. The number of fused-ring (bicyclic) bond motifs is 1. The van der Waals surface area contributed by atoms with Gasteiger partial charge in [0.25, 0.3) is 5.91 Å². The molecule has 4 nitrogen and oxygen atoms in total. The Morgan fingerprint density at radius 3 is 3.20 bits per heavy atom. The van der Waals surface area contributed by atoms with Crippen molar-refractivity contribution in [3.05, 3.63) is 28.8 Å². The lowest BCUT2D eigenvalue weighted by atomic mass is 10.1. The van der Waals surface area contributed by atoms with Crippen LogP contribution in [0.3, 0.4) is 0 Å². The van der Waals surface area contributed by atoms with Crippen LogP contribution in [0.2, 0.25) is 5.02 Å². The van der Waals surface area contributed by atoms with Crippen LogP contribution in [0.1, 0.15) is 18.4 Å². The predicted molar refractivity (Wildman–Crippen MR) is 78.2 cm³/mol. The second-order valence-electron chi connectivity index (χ2n) is 5.45. The fourth-order valence-electron chi connectivity index (χ4n) is 3.11. The highest BCUT2D eigenvalue weighted by molar-refractivity contribution is 6.30. The zero-order chi connectivity index (χ0) is 14.1. The van der Waals surface area contributed by atoms with E-state index in [4.69, 9.17) is 16.3 Å². The zero-order valence-corrected chi connectivity index (χ0v) is 12.3. The van der Waals surface area contributed by atoms with Gasteiger partial charge in [0.05, 0.1) is 0 Å². The van der Waals surface area contributed by atoms with Crippen molar-refractivity contribution >= 4 is 17.5 Å². The van der Waals surface area contributed by atoms with Crippen LogP contribution in [-0.2, 0) is 11.2 Å². The van der Waals surface area contributed by atoms with E-state index in [2.05, 4.69) is 5.32 Å². The van der Waals surface area contributed by atoms with Gasteiger partial charge in [0.1, 0.15) is 5.75 Å². The monoisotopic (exact) mass is 294 g/mol. The summed E-state index contributed by atoms with van der Waals surface area (Å²) in [5, 5.41) is 3.85. The molecule has 0 bridgehead atoms. The molecule has 108 valence electrons. The molecular formula is C15H19ClN2O2. The highest BCUT2D eigenvalue weighted by Crippen LogP contribution is 2.32. The third-order valence-corrected chi connectivity index (χ3v) is 4.31. The number of likely N-dealkylation sites (N-methyl/N-ethyl adjacent to an activating group) is 1. The van der Waals surface area contributed by atoms with E-state index >= 15 is 0 Å². The summed E-state index contributed by atoms with van der Waals surface area (Å²) in [6.07, 6.45) is 2.38. The number of rotatable bonds is 3. The second-order valence-corrected chi connectivity index (χ2v) is 5.88. The number of ether oxygens (including phenoxy) is 1. The maximum absolute atomic E-state index is 12.6. The predicted octanol–water partition coefficient (Wildman–Crippen LogP) is 1.85. The minimum atomic E-state index is -0.388. The third kappa shape index (κ3) is 2.50. The van der Waals surface area contributed by atoms with Crippen LogP contribution in [0.5, 0.6) is 5.75 Å². The van der Waals surface area contributed by atoms with Crippen molar-refractivity contribution in [2.45, 2.75) is 31.4 Å². The first-order valence-electron chi connectivity index (χ1n) is 7.09. The Morgan fingerprint density at radius 1 is 1.55 bits per heavy atom.